The van der Waals surface area contributed by atoms with Crippen molar-refractivity contribution in [2.24, 2.45) is 0 Å². The quantitative estimate of drug-likeness (QED) is 0.650. The van der Waals surface area contributed by atoms with E-state index in [9.17, 15) is 9.59 Å². The summed E-state index contributed by atoms with van der Waals surface area (Å²) in [6.07, 6.45) is 4.65. The van der Waals surface area contributed by atoms with Gasteiger partial charge >= 0.3 is 6.09 Å². The number of amides is 2. The molecule has 3 aromatic rings. The Kier molecular flexibility index (Phi) is 6.17. The van der Waals surface area contributed by atoms with E-state index in [4.69, 9.17) is 4.74 Å². The van der Waals surface area contributed by atoms with Gasteiger partial charge < -0.3 is 19.5 Å². The number of hydrogen-bond donors (Lipinski definition) is 1. The largest absolute Gasteiger partial charge is 0.444 e. The predicted octanol–water partition coefficient (Wildman–Crippen LogP) is 3.60. The maximum Gasteiger partial charge on any atom is 0.410 e. The third-order valence-corrected chi connectivity index (χ3v) is 5.58. The molecular weight excluding hydrogens is 422 g/mol. The lowest BCUT2D eigenvalue weighted by molar-refractivity contribution is 0.0187. The smallest absolute Gasteiger partial charge is 0.410 e. The second kappa shape index (κ2) is 9.05. The van der Waals surface area contributed by atoms with Crippen LogP contribution in [0.4, 0.5) is 10.5 Å². The SMILES string of the molecule is Cc1ccc(NC(=O)c2cccn2C2CCN(C(=O)OC(C)(C)C)CC2)cc1-n1cnnn1. The topological polar surface area (TPSA) is 107 Å². The second-order valence-corrected chi connectivity index (χ2v) is 9.21. The van der Waals surface area contributed by atoms with Crippen LogP contribution in [-0.2, 0) is 4.74 Å². The minimum atomic E-state index is -0.514. The molecule has 2 aromatic heterocycles. The van der Waals surface area contributed by atoms with Gasteiger partial charge in [-0.1, -0.05) is 6.07 Å². The van der Waals surface area contributed by atoms with Gasteiger partial charge in [-0.15, -0.1) is 5.10 Å². The van der Waals surface area contributed by atoms with Gasteiger partial charge in [0.15, 0.2) is 0 Å². The molecule has 0 bridgehead atoms. The van der Waals surface area contributed by atoms with Crippen molar-refractivity contribution in [2.45, 2.75) is 52.2 Å². The first-order valence-electron chi connectivity index (χ1n) is 11.0. The first-order valence-corrected chi connectivity index (χ1v) is 11.0. The summed E-state index contributed by atoms with van der Waals surface area (Å²) < 4.78 is 9.04. The number of benzene rings is 1. The van der Waals surface area contributed by atoms with Crippen LogP contribution in [0.1, 0.15) is 55.7 Å². The fraction of sp³-hybridized carbons (Fsp3) is 0.435. The molecular formula is C23H29N7O3. The Morgan fingerprint density at radius 1 is 1.15 bits per heavy atom. The molecule has 0 radical (unpaired) electrons. The first kappa shape index (κ1) is 22.5. The molecule has 4 rings (SSSR count). The number of carbonyl (C=O) groups excluding carboxylic acids is 2. The monoisotopic (exact) mass is 451 g/mol. The summed E-state index contributed by atoms with van der Waals surface area (Å²) in [6, 6.07) is 9.43. The number of nitrogens with one attached hydrogen (secondary N) is 1. The number of anilines is 1. The molecule has 3 heterocycles. The zero-order valence-corrected chi connectivity index (χ0v) is 19.4. The number of ether oxygens (including phenoxy) is 1. The number of piperidine rings is 1. The van der Waals surface area contributed by atoms with Crippen LogP contribution in [0.15, 0.2) is 42.9 Å². The number of carbonyl (C=O) groups is 2. The van der Waals surface area contributed by atoms with Crippen LogP contribution < -0.4 is 5.32 Å². The van der Waals surface area contributed by atoms with Gasteiger partial charge in [0.2, 0.25) is 0 Å². The second-order valence-electron chi connectivity index (χ2n) is 9.21. The summed E-state index contributed by atoms with van der Waals surface area (Å²) in [5.41, 5.74) is 2.50. The molecule has 10 nitrogen and oxygen atoms in total. The number of nitrogens with zero attached hydrogens (tertiary/aromatic N) is 6. The first-order chi connectivity index (χ1) is 15.7. The highest BCUT2D eigenvalue weighted by atomic mass is 16.6. The van der Waals surface area contributed by atoms with Crippen molar-refractivity contribution in [3.05, 3.63) is 54.1 Å². The average Bonchev–Trinajstić information content (AvgIpc) is 3.46. The van der Waals surface area contributed by atoms with Crippen LogP contribution in [0.5, 0.6) is 0 Å². The minimum Gasteiger partial charge on any atom is -0.444 e. The zero-order valence-electron chi connectivity index (χ0n) is 19.4. The third-order valence-electron chi connectivity index (χ3n) is 5.58. The number of hydrogen-bond acceptors (Lipinski definition) is 6. The number of tetrazole rings is 1. The average molecular weight is 452 g/mol. The number of aromatic nitrogens is 5. The van der Waals surface area contributed by atoms with Crippen molar-refractivity contribution >= 4 is 17.7 Å². The van der Waals surface area contributed by atoms with Crippen molar-refractivity contribution in [2.75, 3.05) is 18.4 Å². The number of likely N-dealkylation sites (tertiary alicyclic amines) is 1. The molecule has 1 fully saturated rings. The highest BCUT2D eigenvalue weighted by molar-refractivity contribution is 6.03. The van der Waals surface area contributed by atoms with Crippen molar-refractivity contribution in [3.8, 4) is 5.69 Å². The van der Waals surface area contributed by atoms with E-state index in [1.165, 1.54) is 6.33 Å². The molecule has 1 aliphatic rings. The Morgan fingerprint density at radius 2 is 1.91 bits per heavy atom. The molecule has 10 heteroatoms. The molecule has 2 amide bonds. The summed E-state index contributed by atoms with van der Waals surface area (Å²) >= 11 is 0. The minimum absolute atomic E-state index is 0.134. The van der Waals surface area contributed by atoms with Crippen molar-refractivity contribution in [1.29, 1.82) is 0 Å². The van der Waals surface area contributed by atoms with E-state index in [2.05, 4.69) is 20.8 Å². The third kappa shape index (κ3) is 5.21. The highest BCUT2D eigenvalue weighted by Gasteiger charge is 2.28. The molecule has 1 saturated heterocycles. The van der Waals surface area contributed by atoms with Gasteiger partial charge in [0.1, 0.15) is 17.6 Å². The molecule has 1 aliphatic heterocycles. The van der Waals surface area contributed by atoms with E-state index in [-0.39, 0.29) is 18.0 Å². The summed E-state index contributed by atoms with van der Waals surface area (Å²) in [4.78, 5) is 27.2. The van der Waals surface area contributed by atoms with Crippen LogP contribution in [0.2, 0.25) is 0 Å². The Morgan fingerprint density at radius 3 is 2.58 bits per heavy atom. The van der Waals surface area contributed by atoms with Gasteiger partial charge in [0, 0.05) is 31.0 Å². The zero-order chi connectivity index (χ0) is 23.6. The van der Waals surface area contributed by atoms with E-state index >= 15 is 0 Å². The fourth-order valence-electron chi connectivity index (χ4n) is 3.96. The van der Waals surface area contributed by atoms with Gasteiger partial charge in [0.05, 0.1) is 5.69 Å². The number of aryl methyl sites for hydroxylation is 1. The summed E-state index contributed by atoms with van der Waals surface area (Å²) in [5, 5.41) is 14.3. The van der Waals surface area contributed by atoms with Crippen LogP contribution in [0, 0.1) is 6.92 Å². The van der Waals surface area contributed by atoms with E-state index < -0.39 is 5.60 Å². The van der Waals surface area contributed by atoms with E-state index in [1.807, 2.05) is 68.8 Å². The molecule has 0 atom stereocenters. The van der Waals surface area contributed by atoms with Gasteiger partial charge in [0.25, 0.3) is 5.91 Å². The van der Waals surface area contributed by atoms with Gasteiger partial charge in [-0.25, -0.2) is 9.48 Å². The van der Waals surface area contributed by atoms with E-state index in [0.29, 0.717) is 24.5 Å². The maximum absolute atomic E-state index is 13.1. The van der Waals surface area contributed by atoms with Crippen LogP contribution in [0.25, 0.3) is 5.69 Å². The molecule has 1 N–H and O–H groups in total. The lowest BCUT2D eigenvalue weighted by Crippen LogP contribution is -2.42. The molecule has 1 aromatic carbocycles. The molecule has 0 unspecified atom stereocenters. The van der Waals surface area contributed by atoms with E-state index in [0.717, 1.165) is 24.1 Å². The lowest BCUT2D eigenvalue weighted by Gasteiger charge is -2.34. The molecule has 0 saturated carbocycles. The molecule has 0 spiro atoms. The molecule has 33 heavy (non-hydrogen) atoms. The maximum atomic E-state index is 13.1. The predicted molar refractivity (Wildman–Crippen MR) is 122 cm³/mol. The fourth-order valence-corrected chi connectivity index (χ4v) is 3.96. The number of rotatable bonds is 4. The van der Waals surface area contributed by atoms with Crippen molar-refractivity contribution < 1.29 is 14.3 Å². The van der Waals surface area contributed by atoms with Gasteiger partial charge in [-0.05, 0) is 80.8 Å². The van der Waals surface area contributed by atoms with Gasteiger partial charge in [-0.2, -0.15) is 0 Å². The standard InChI is InChI=1S/C23H29N7O3/c1-16-7-8-17(14-20(16)30-15-24-26-27-30)25-21(31)19-6-5-11-29(19)18-9-12-28(13-10-18)22(32)33-23(2,3)4/h5-8,11,14-15,18H,9-10,12-13H2,1-4H3,(H,25,31). The molecule has 0 aliphatic carbocycles. The van der Waals surface area contributed by atoms with Crippen LogP contribution in [-0.4, -0.2) is 60.4 Å². The van der Waals surface area contributed by atoms with Crippen molar-refractivity contribution in [3.63, 3.8) is 0 Å². The molecule has 174 valence electrons. The Bertz CT molecular complexity index is 1120. The van der Waals surface area contributed by atoms with Gasteiger partial charge in [-0.3, -0.25) is 4.79 Å². The highest BCUT2D eigenvalue weighted by Crippen LogP contribution is 2.26. The van der Waals surface area contributed by atoms with E-state index in [1.54, 1.807) is 9.58 Å². The summed E-state index contributed by atoms with van der Waals surface area (Å²) in [5.74, 6) is -0.193. The summed E-state index contributed by atoms with van der Waals surface area (Å²) in [6.45, 7) is 8.72. The Balaban J connectivity index is 1.43. The Labute approximate surface area is 192 Å². The lowest BCUT2D eigenvalue weighted by atomic mass is 10.0. The van der Waals surface area contributed by atoms with Crippen LogP contribution >= 0.6 is 0 Å². The Hall–Kier alpha value is -3.69. The van der Waals surface area contributed by atoms with Crippen LogP contribution in [0.3, 0.4) is 0 Å². The normalized spacial score (nSPS) is 14.8. The summed E-state index contributed by atoms with van der Waals surface area (Å²) in [7, 11) is 0. The van der Waals surface area contributed by atoms with Crippen molar-refractivity contribution in [1.82, 2.24) is 29.7 Å².